The molecule has 4 aliphatic carbocycles. The molecule has 0 radical (unpaired) electrons. The van der Waals surface area contributed by atoms with Crippen molar-refractivity contribution < 1.29 is 19.5 Å². The summed E-state index contributed by atoms with van der Waals surface area (Å²) in [5, 5.41) is 15.2. The van der Waals surface area contributed by atoms with Crippen molar-refractivity contribution in [1.82, 2.24) is 0 Å². The molecule has 30 heavy (non-hydrogen) atoms. The minimum Gasteiger partial charge on any atom is -0.481 e. The van der Waals surface area contributed by atoms with Gasteiger partial charge in [-0.3, -0.25) is 4.79 Å². The standard InChI is InChI=1S/C25H37NO4/c1-5-6-7-10-30-26-14-23-13-19-17(4)8-9-20(19)24(15-27)12-18(23)11-21(16(2)3)25(23,24)22(28)29/h11,14-20H,5-10,12-13H2,1-4H3,(H,28,29)/b26-14+/t17-,18+,19-,20-,23+,24+,25-/m1/s1. The molecule has 0 saturated heterocycles. The van der Waals surface area contributed by atoms with E-state index in [0.29, 0.717) is 24.9 Å². The van der Waals surface area contributed by atoms with Gasteiger partial charge in [0.15, 0.2) is 0 Å². The number of nitrogens with zero attached hydrogens (tertiary/aromatic N) is 1. The second-order valence-corrected chi connectivity index (χ2v) is 10.6. The molecule has 0 aromatic carbocycles. The maximum atomic E-state index is 13.2. The third-order valence-electron chi connectivity index (χ3n) is 9.20. The Morgan fingerprint density at radius 2 is 2.07 bits per heavy atom. The fourth-order valence-corrected chi connectivity index (χ4v) is 8.09. The molecule has 0 spiro atoms. The van der Waals surface area contributed by atoms with Crippen molar-refractivity contribution in [3.8, 4) is 0 Å². The van der Waals surface area contributed by atoms with Gasteiger partial charge in [0.1, 0.15) is 18.3 Å². The number of aldehydes is 1. The normalized spacial score (nSPS) is 43.8. The molecule has 3 saturated carbocycles. The smallest absolute Gasteiger partial charge is 0.315 e. The largest absolute Gasteiger partial charge is 0.481 e. The van der Waals surface area contributed by atoms with Crippen molar-refractivity contribution in [2.24, 2.45) is 51.0 Å². The summed E-state index contributed by atoms with van der Waals surface area (Å²) in [4.78, 5) is 31.7. The third kappa shape index (κ3) is 2.44. The first-order valence-electron chi connectivity index (χ1n) is 11.9. The van der Waals surface area contributed by atoms with E-state index < -0.39 is 22.2 Å². The SMILES string of the molecule is CCCCCO/N=C/[C@@]12C[C@@H]3[C@H](C)CC[C@H]3[C@@]3(C=O)C[C@@H]1C=C(C(C)C)[C@]32C(=O)O. The van der Waals surface area contributed by atoms with Gasteiger partial charge in [-0.05, 0) is 55.3 Å². The lowest BCUT2D eigenvalue weighted by Crippen LogP contribution is -2.63. The Labute approximate surface area is 180 Å². The highest BCUT2D eigenvalue weighted by Gasteiger charge is 2.84. The number of carboxylic acids is 1. The Morgan fingerprint density at radius 3 is 2.70 bits per heavy atom. The summed E-state index contributed by atoms with van der Waals surface area (Å²) >= 11 is 0. The zero-order chi connectivity index (χ0) is 21.7. The van der Waals surface area contributed by atoms with E-state index >= 15 is 0 Å². The highest BCUT2D eigenvalue weighted by molar-refractivity contribution is 5.96. The molecule has 7 atom stereocenters. The molecule has 0 heterocycles. The molecule has 4 rings (SSSR count). The fourth-order valence-electron chi connectivity index (χ4n) is 8.09. The van der Waals surface area contributed by atoms with E-state index in [-0.39, 0.29) is 17.8 Å². The van der Waals surface area contributed by atoms with Crippen LogP contribution in [0.2, 0.25) is 0 Å². The average molecular weight is 416 g/mol. The number of hydrogen-bond acceptors (Lipinski definition) is 4. The van der Waals surface area contributed by atoms with Crippen LogP contribution in [-0.2, 0) is 14.4 Å². The topological polar surface area (TPSA) is 76.0 Å². The Hall–Kier alpha value is -1.65. The predicted molar refractivity (Wildman–Crippen MR) is 116 cm³/mol. The Morgan fingerprint density at radius 1 is 1.30 bits per heavy atom. The van der Waals surface area contributed by atoms with Gasteiger partial charge >= 0.3 is 5.97 Å². The summed E-state index contributed by atoms with van der Waals surface area (Å²) in [6.07, 6.45) is 11.7. The first-order chi connectivity index (χ1) is 14.3. The van der Waals surface area contributed by atoms with E-state index in [9.17, 15) is 14.7 Å². The number of fused-ring (bicyclic) bond motifs is 2. The number of carboxylic acid groups (broad SMARTS) is 1. The van der Waals surface area contributed by atoms with E-state index in [1.807, 2.05) is 6.21 Å². The van der Waals surface area contributed by atoms with Crippen LogP contribution in [0.15, 0.2) is 16.8 Å². The van der Waals surface area contributed by atoms with E-state index in [1.165, 1.54) is 0 Å². The summed E-state index contributed by atoms with van der Waals surface area (Å²) in [5.41, 5.74) is -1.75. The van der Waals surface area contributed by atoms with Crippen LogP contribution in [-0.4, -0.2) is 30.2 Å². The molecule has 0 aromatic rings. The minimum absolute atomic E-state index is 0.0389. The van der Waals surface area contributed by atoms with E-state index in [2.05, 4.69) is 38.9 Å². The molecule has 1 N–H and O–H groups in total. The molecule has 166 valence electrons. The van der Waals surface area contributed by atoms with Crippen LogP contribution in [0.25, 0.3) is 0 Å². The van der Waals surface area contributed by atoms with Gasteiger partial charge in [0.05, 0.1) is 11.6 Å². The molecule has 4 bridgehead atoms. The molecule has 5 heteroatoms. The number of oxime groups is 1. The minimum atomic E-state index is -1.19. The van der Waals surface area contributed by atoms with Crippen molar-refractivity contribution >= 4 is 18.5 Å². The predicted octanol–water partition coefficient (Wildman–Crippen LogP) is 5.10. The van der Waals surface area contributed by atoms with Crippen LogP contribution in [0.3, 0.4) is 0 Å². The highest BCUT2D eigenvalue weighted by Crippen LogP contribution is 2.82. The molecule has 5 nitrogen and oxygen atoms in total. The van der Waals surface area contributed by atoms with Crippen LogP contribution in [0, 0.1) is 45.8 Å². The number of aliphatic carboxylic acids is 1. The van der Waals surface area contributed by atoms with Gasteiger partial charge in [-0.25, -0.2) is 0 Å². The summed E-state index contributed by atoms with van der Waals surface area (Å²) in [6, 6.07) is 0. The Kier molecular flexibility index (Phi) is 5.39. The maximum absolute atomic E-state index is 13.2. The van der Waals surface area contributed by atoms with Gasteiger partial charge in [0.2, 0.25) is 0 Å². The highest BCUT2D eigenvalue weighted by atomic mass is 16.6. The zero-order valence-corrected chi connectivity index (χ0v) is 18.9. The summed E-state index contributed by atoms with van der Waals surface area (Å²) in [7, 11) is 0. The van der Waals surface area contributed by atoms with Crippen LogP contribution in [0.1, 0.15) is 72.6 Å². The molecule has 0 aromatic heterocycles. The summed E-state index contributed by atoms with van der Waals surface area (Å²) in [5.74, 6) is 0.319. The van der Waals surface area contributed by atoms with Gasteiger partial charge in [-0.15, -0.1) is 0 Å². The molecule has 3 fully saturated rings. The number of allylic oxidation sites excluding steroid dienone is 1. The van der Waals surface area contributed by atoms with Crippen molar-refractivity contribution in [2.45, 2.75) is 72.6 Å². The number of carbonyl (C=O) groups excluding carboxylic acids is 1. The van der Waals surface area contributed by atoms with Crippen LogP contribution < -0.4 is 0 Å². The Balaban J connectivity index is 1.82. The van der Waals surface area contributed by atoms with Crippen molar-refractivity contribution in [1.29, 1.82) is 0 Å². The maximum Gasteiger partial charge on any atom is 0.315 e. The van der Waals surface area contributed by atoms with Gasteiger partial charge in [-0.1, -0.05) is 63.8 Å². The van der Waals surface area contributed by atoms with Gasteiger partial charge in [-0.2, -0.15) is 0 Å². The first kappa shape index (κ1) is 21.6. The van der Waals surface area contributed by atoms with E-state index in [1.54, 1.807) is 0 Å². The van der Waals surface area contributed by atoms with Gasteiger partial charge in [0, 0.05) is 5.41 Å². The number of unbranched alkanes of at least 4 members (excludes halogenated alkanes) is 2. The number of carbonyl (C=O) groups is 2. The molecular formula is C25H37NO4. The number of rotatable bonds is 9. The lowest BCUT2D eigenvalue weighted by molar-refractivity contribution is -0.173. The lowest BCUT2D eigenvalue weighted by Gasteiger charge is -2.57. The second kappa shape index (κ2) is 7.49. The first-order valence-corrected chi connectivity index (χ1v) is 11.9. The third-order valence-corrected chi connectivity index (χ3v) is 9.20. The lowest BCUT2D eigenvalue weighted by atomic mass is 9.43. The van der Waals surface area contributed by atoms with Crippen LogP contribution >= 0.6 is 0 Å². The van der Waals surface area contributed by atoms with Crippen molar-refractivity contribution in [2.75, 3.05) is 6.61 Å². The van der Waals surface area contributed by atoms with E-state index in [4.69, 9.17) is 4.84 Å². The zero-order valence-electron chi connectivity index (χ0n) is 18.9. The van der Waals surface area contributed by atoms with Crippen molar-refractivity contribution in [3.05, 3.63) is 11.6 Å². The molecular weight excluding hydrogens is 378 g/mol. The summed E-state index contributed by atoms with van der Waals surface area (Å²) in [6.45, 7) is 9.09. The number of hydrogen-bond donors (Lipinski definition) is 1. The van der Waals surface area contributed by atoms with Crippen LogP contribution in [0.5, 0.6) is 0 Å². The van der Waals surface area contributed by atoms with Gasteiger partial charge < -0.3 is 14.7 Å². The monoisotopic (exact) mass is 415 g/mol. The fraction of sp³-hybridized carbons (Fsp3) is 0.800. The molecule has 4 aliphatic rings. The molecule has 0 amide bonds. The summed E-state index contributed by atoms with van der Waals surface area (Å²) < 4.78 is 0. The average Bonchev–Trinajstić information content (AvgIpc) is 3.27. The van der Waals surface area contributed by atoms with Crippen molar-refractivity contribution in [3.63, 3.8) is 0 Å². The van der Waals surface area contributed by atoms with Gasteiger partial charge in [0.25, 0.3) is 0 Å². The quantitative estimate of drug-likeness (QED) is 0.187. The van der Waals surface area contributed by atoms with Crippen LogP contribution in [0.4, 0.5) is 0 Å². The second-order valence-electron chi connectivity index (χ2n) is 10.6. The molecule has 0 unspecified atom stereocenters. The Bertz CT molecular complexity index is 773. The molecule has 0 aliphatic heterocycles. The van der Waals surface area contributed by atoms with E-state index in [0.717, 1.165) is 50.4 Å².